The predicted octanol–water partition coefficient (Wildman–Crippen LogP) is 9.68. The van der Waals surface area contributed by atoms with Crippen molar-refractivity contribution in [3.05, 3.63) is 221 Å². The monoisotopic (exact) mass is 608 g/mol. The number of rotatable bonds is 8. The Kier molecular flexibility index (Phi) is 8.20. The van der Waals surface area contributed by atoms with Crippen molar-refractivity contribution in [1.29, 1.82) is 0 Å². The minimum Gasteiger partial charge on any atom is -0.398 e. The summed E-state index contributed by atoms with van der Waals surface area (Å²) in [7, 11) is 0. The average Bonchev–Trinajstić information content (AvgIpc) is 3.42. The molecule has 0 heterocycles. The van der Waals surface area contributed by atoms with E-state index in [-0.39, 0.29) is 0 Å². The summed E-state index contributed by atoms with van der Waals surface area (Å²) in [5.41, 5.74) is 25.6. The number of benzene rings is 5. The van der Waals surface area contributed by atoms with E-state index in [0.29, 0.717) is 6.42 Å². The van der Waals surface area contributed by atoms with Gasteiger partial charge in [0.15, 0.2) is 0 Å². The third kappa shape index (κ3) is 5.62. The number of nitrogens with two attached hydrogens (primary N) is 2. The van der Waals surface area contributed by atoms with Crippen molar-refractivity contribution in [1.82, 2.24) is 0 Å². The van der Waals surface area contributed by atoms with E-state index < -0.39 is 11.0 Å². The lowest BCUT2D eigenvalue weighted by Crippen LogP contribution is -2.36. The van der Waals surface area contributed by atoms with Crippen LogP contribution >= 0.6 is 0 Å². The predicted molar refractivity (Wildman–Crippen MR) is 198 cm³/mol. The first-order valence-corrected chi connectivity index (χ1v) is 16.4. The van der Waals surface area contributed by atoms with Gasteiger partial charge in [-0.05, 0) is 81.5 Å². The molecule has 0 aromatic heterocycles. The lowest BCUT2D eigenvalue weighted by Gasteiger charge is -2.34. The van der Waals surface area contributed by atoms with Crippen LogP contribution in [0.2, 0.25) is 0 Å². The smallest absolute Gasteiger partial charge is 0.0713 e. The highest BCUT2D eigenvalue weighted by molar-refractivity contribution is 5.86. The SMILES string of the molecule is C/C=C\C1(N)C=CC=C(C(/C=C(\N)c2ccc(C3(c4ccccc4)c4ccccc4-c4ccccc43)cc2)=C/Cc2ccccc2)C1. The second kappa shape index (κ2) is 12.7. The molecule has 47 heavy (non-hydrogen) atoms. The van der Waals surface area contributed by atoms with Gasteiger partial charge in [-0.25, -0.2) is 0 Å². The van der Waals surface area contributed by atoms with Crippen LogP contribution < -0.4 is 11.5 Å². The highest BCUT2D eigenvalue weighted by Crippen LogP contribution is 2.55. The zero-order valence-electron chi connectivity index (χ0n) is 26.8. The minimum absolute atomic E-state index is 0.428. The molecule has 0 radical (unpaired) electrons. The van der Waals surface area contributed by atoms with Crippen LogP contribution in [0.5, 0.6) is 0 Å². The molecule has 7 rings (SSSR count). The fourth-order valence-corrected chi connectivity index (χ4v) is 7.41. The van der Waals surface area contributed by atoms with Crippen molar-refractivity contribution >= 4 is 5.70 Å². The molecule has 0 amide bonds. The topological polar surface area (TPSA) is 52.0 Å². The fraction of sp³-hybridized carbons (Fsp3) is 0.111. The average molecular weight is 609 g/mol. The highest BCUT2D eigenvalue weighted by atomic mass is 14.7. The van der Waals surface area contributed by atoms with E-state index >= 15 is 0 Å². The zero-order valence-corrected chi connectivity index (χ0v) is 26.8. The first kappa shape index (κ1) is 30.2. The Morgan fingerprint density at radius 3 is 1.91 bits per heavy atom. The summed E-state index contributed by atoms with van der Waals surface area (Å²) < 4.78 is 0. The van der Waals surface area contributed by atoms with Gasteiger partial charge in [0, 0.05) is 5.70 Å². The van der Waals surface area contributed by atoms with Crippen LogP contribution in [0.4, 0.5) is 0 Å². The molecule has 2 aliphatic carbocycles. The number of allylic oxidation sites excluding steroid dienone is 6. The summed E-state index contributed by atoms with van der Waals surface area (Å²) >= 11 is 0. The van der Waals surface area contributed by atoms with Crippen molar-refractivity contribution in [2.45, 2.75) is 30.7 Å². The van der Waals surface area contributed by atoms with Crippen molar-refractivity contribution < 1.29 is 0 Å². The van der Waals surface area contributed by atoms with Gasteiger partial charge in [0.05, 0.1) is 11.0 Å². The van der Waals surface area contributed by atoms with Crippen LogP contribution in [0.1, 0.15) is 46.7 Å². The van der Waals surface area contributed by atoms with Gasteiger partial charge in [-0.3, -0.25) is 0 Å². The van der Waals surface area contributed by atoms with Gasteiger partial charge in [0.1, 0.15) is 0 Å². The number of hydrogen-bond donors (Lipinski definition) is 2. The van der Waals surface area contributed by atoms with E-state index in [1.54, 1.807) is 0 Å². The van der Waals surface area contributed by atoms with Crippen LogP contribution in [-0.4, -0.2) is 5.54 Å². The summed E-state index contributed by atoms with van der Waals surface area (Å²) in [5.74, 6) is 0. The van der Waals surface area contributed by atoms with Crippen molar-refractivity contribution in [3.63, 3.8) is 0 Å². The molecule has 1 unspecified atom stereocenters. The molecule has 2 heteroatoms. The van der Waals surface area contributed by atoms with Crippen molar-refractivity contribution in [2.75, 3.05) is 0 Å². The van der Waals surface area contributed by atoms with Crippen molar-refractivity contribution in [2.24, 2.45) is 11.5 Å². The highest BCUT2D eigenvalue weighted by Gasteiger charge is 2.45. The number of fused-ring (bicyclic) bond motifs is 3. The van der Waals surface area contributed by atoms with E-state index in [1.807, 2.05) is 13.0 Å². The molecule has 2 aliphatic rings. The van der Waals surface area contributed by atoms with Crippen LogP contribution in [0, 0.1) is 0 Å². The summed E-state index contributed by atoms with van der Waals surface area (Å²) in [6, 6.07) is 47.9. The van der Waals surface area contributed by atoms with Gasteiger partial charge in [-0.15, -0.1) is 0 Å². The first-order valence-electron chi connectivity index (χ1n) is 16.4. The van der Waals surface area contributed by atoms with Crippen LogP contribution in [-0.2, 0) is 11.8 Å². The normalized spacial score (nSPS) is 18.6. The molecule has 5 aromatic rings. The molecule has 0 spiro atoms. The largest absolute Gasteiger partial charge is 0.398 e. The summed E-state index contributed by atoms with van der Waals surface area (Å²) in [6.45, 7) is 2.01. The molecule has 2 nitrogen and oxygen atoms in total. The van der Waals surface area contributed by atoms with Crippen LogP contribution in [0.15, 0.2) is 187 Å². The van der Waals surface area contributed by atoms with E-state index in [4.69, 9.17) is 11.5 Å². The second-order valence-electron chi connectivity index (χ2n) is 12.6. The van der Waals surface area contributed by atoms with Crippen molar-refractivity contribution in [3.8, 4) is 11.1 Å². The molecule has 5 aromatic carbocycles. The van der Waals surface area contributed by atoms with E-state index in [2.05, 4.69) is 170 Å². The Hall–Kier alpha value is -5.44. The maximum atomic E-state index is 6.93. The van der Waals surface area contributed by atoms with Gasteiger partial charge in [-0.2, -0.15) is 0 Å². The lowest BCUT2D eigenvalue weighted by atomic mass is 9.67. The summed E-state index contributed by atoms with van der Waals surface area (Å²) in [4.78, 5) is 0. The van der Waals surface area contributed by atoms with E-state index in [0.717, 1.165) is 23.3 Å². The molecule has 0 aliphatic heterocycles. The Balaban J connectivity index is 1.30. The molecule has 0 fully saturated rings. The molecule has 1 atom stereocenters. The Bertz CT molecular complexity index is 2000. The maximum absolute atomic E-state index is 6.93. The standard InChI is InChI=1S/C45H40N2/c1-2-29-44(47)30-13-16-36(32-44)35(24-23-33-14-5-3-6-15-33)31-43(46)34-25-27-38(28-26-34)45(37-17-7-4-8-18-37)41-21-11-9-19-39(41)40-20-10-12-22-42(40)45/h2-22,24-31H,23,32,46-47H2,1H3/b29-2-,35-24+,43-31-. The van der Waals surface area contributed by atoms with Gasteiger partial charge >= 0.3 is 0 Å². The summed E-state index contributed by atoms with van der Waals surface area (Å²) in [5, 5.41) is 0. The Morgan fingerprint density at radius 1 is 0.702 bits per heavy atom. The van der Waals surface area contributed by atoms with Gasteiger partial charge in [-0.1, -0.05) is 170 Å². The molecule has 230 valence electrons. The molecular formula is C45H40N2. The molecule has 0 saturated carbocycles. The maximum Gasteiger partial charge on any atom is 0.0713 e. The zero-order chi connectivity index (χ0) is 32.3. The molecular weight excluding hydrogens is 569 g/mol. The van der Waals surface area contributed by atoms with Gasteiger partial charge in [0.25, 0.3) is 0 Å². The third-order valence-corrected chi connectivity index (χ3v) is 9.57. The second-order valence-corrected chi connectivity index (χ2v) is 12.6. The molecule has 0 saturated heterocycles. The van der Waals surface area contributed by atoms with E-state index in [9.17, 15) is 0 Å². The lowest BCUT2D eigenvalue weighted by molar-refractivity contribution is 0.642. The number of hydrogen-bond acceptors (Lipinski definition) is 2. The molecule has 4 N–H and O–H groups in total. The minimum atomic E-state index is -0.519. The fourth-order valence-electron chi connectivity index (χ4n) is 7.41. The Labute approximate surface area is 278 Å². The van der Waals surface area contributed by atoms with Gasteiger partial charge in [0.2, 0.25) is 0 Å². The van der Waals surface area contributed by atoms with Gasteiger partial charge < -0.3 is 11.5 Å². The third-order valence-electron chi connectivity index (χ3n) is 9.57. The van der Waals surface area contributed by atoms with Crippen LogP contribution in [0.25, 0.3) is 16.8 Å². The summed E-state index contributed by atoms with van der Waals surface area (Å²) in [6.07, 6.45) is 16.3. The van der Waals surface area contributed by atoms with Crippen LogP contribution in [0.3, 0.4) is 0 Å². The Morgan fingerprint density at radius 2 is 1.28 bits per heavy atom. The molecule has 0 bridgehead atoms. The quantitative estimate of drug-likeness (QED) is 0.134. The van der Waals surface area contributed by atoms with E-state index in [1.165, 1.54) is 44.5 Å². The first-order chi connectivity index (χ1) is 23.0.